The van der Waals surface area contributed by atoms with E-state index in [1.165, 1.54) is 0 Å². The first-order valence-corrected chi connectivity index (χ1v) is 5.43. The van der Waals surface area contributed by atoms with Gasteiger partial charge in [-0.2, -0.15) is 9.37 Å². The number of halogens is 2. The summed E-state index contributed by atoms with van der Waals surface area (Å²) in [5.74, 6) is 4.40. The zero-order chi connectivity index (χ0) is 13.0. The fourth-order valence-corrected chi connectivity index (χ4v) is 1.38. The molecule has 2 rings (SSSR count). The lowest BCUT2D eigenvalue weighted by molar-refractivity contribution is 0.276. The zero-order valence-corrected chi connectivity index (χ0v) is 9.99. The Hall–Kier alpha value is -1.92. The van der Waals surface area contributed by atoms with Crippen LogP contribution in [0.25, 0.3) is 0 Å². The molecule has 7 heteroatoms. The van der Waals surface area contributed by atoms with Crippen LogP contribution in [0.1, 0.15) is 5.56 Å². The van der Waals surface area contributed by atoms with Crippen LogP contribution in [0.4, 0.5) is 10.3 Å². The number of benzene rings is 1. The standard InChI is InChI=1S/C11H10ClFN4O/c12-8-3-1-7(2-4-8)6-18-10-9(13)5-15-11(16-10)17-14/h1-5H,6,14H2,(H,15,16,17). The van der Waals surface area contributed by atoms with Crippen molar-refractivity contribution in [1.82, 2.24) is 9.97 Å². The zero-order valence-electron chi connectivity index (χ0n) is 9.23. The minimum atomic E-state index is -0.650. The number of nitrogens with one attached hydrogen (secondary N) is 1. The van der Waals surface area contributed by atoms with Crippen LogP contribution in [0.2, 0.25) is 5.02 Å². The van der Waals surface area contributed by atoms with Crippen molar-refractivity contribution in [3.05, 3.63) is 46.9 Å². The second-order valence-corrected chi connectivity index (χ2v) is 3.84. The first-order chi connectivity index (χ1) is 8.69. The summed E-state index contributed by atoms with van der Waals surface area (Å²) in [6.45, 7) is 0.176. The predicted octanol–water partition coefficient (Wildman–Crippen LogP) is 2.13. The molecule has 2 aromatic rings. The first-order valence-electron chi connectivity index (χ1n) is 5.05. The van der Waals surface area contributed by atoms with Crippen molar-refractivity contribution in [3.63, 3.8) is 0 Å². The van der Waals surface area contributed by atoms with Crippen LogP contribution >= 0.6 is 11.6 Å². The molecule has 3 N–H and O–H groups in total. The second-order valence-electron chi connectivity index (χ2n) is 3.41. The highest BCUT2D eigenvalue weighted by molar-refractivity contribution is 6.30. The molecule has 0 bridgehead atoms. The van der Waals surface area contributed by atoms with E-state index in [-0.39, 0.29) is 18.4 Å². The third-order valence-corrected chi connectivity index (χ3v) is 2.38. The van der Waals surface area contributed by atoms with Crippen LogP contribution in [0.3, 0.4) is 0 Å². The quantitative estimate of drug-likeness (QED) is 0.656. The van der Waals surface area contributed by atoms with Crippen molar-refractivity contribution in [2.24, 2.45) is 5.84 Å². The second kappa shape index (κ2) is 5.61. The number of nitrogens with zero attached hydrogens (tertiary/aromatic N) is 2. The summed E-state index contributed by atoms with van der Waals surface area (Å²) in [5, 5.41) is 0.626. The maximum Gasteiger partial charge on any atom is 0.255 e. The van der Waals surface area contributed by atoms with Crippen molar-refractivity contribution >= 4 is 17.5 Å². The summed E-state index contributed by atoms with van der Waals surface area (Å²) in [4.78, 5) is 7.36. The van der Waals surface area contributed by atoms with Gasteiger partial charge < -0.3 is 4.74 Å². The highest BCUT2D eigenvalue weighted by Gasteiger charge is 2.07. The third-order valence-electron chi connectivity index (χ3n) is 2.13. The van der Waals surface area contributed by atoms with Gasteiger partial charge in [0.15, 0.2) is 0 Å². The molecule has 1 aromatic heterocycles. The average Bonchev–Trinajstić information content (AvgIpc) is 2.40. The van der Waals surface area contributed by atoms with Gasteiger partial charge in [-0.3, -0.25) is 5.43 Å². The van der Waals surface area contributed by atoms with E-state index in [1.807, 2.05) is 0 Å². The molecule has 18 heavy (non-hydrogen) atoms. The van der Waals surface area contributed by atoms with Gasteiger partial charge in [0.05, 0.1) is 6.20 Å². The SMILES string of the molecule is NNc1ncc(F)c(OCc2ccc(Cl)cc2)n1. The highest BCUT2D eigenvalue weighted by atomic mass is 35.5. The van der Waals surface area contributed by atoms with Crippen LogP contribution in [0, 0.1) is 5.82 Å². The van der Waals surface area contributed by atoms with Crippen molar-refractivity contribution in [2.75, 3.05) is 5.43 Å². The van der Waals surface area contributed by atoms with Gasteiger partial charge in [-0.1, -0.05) is 23.7 Å². The van der Waals surface area contributed by atoms with Crippen LogP contribution in [0.15, 0.2) is 30.5 Å². The number of hydrazine groups is 1. The summed E-state index contributed by atoms with van der Waals surface area (Å²) >= 11 is 5.75. The Morgan fingerprint density at radius 2 is 2.06 bits per heavy atom. The van der Waals surface area contributed by atoms with Gasteiger partial charge in [0.1, 0.15) is 6.61 Å². The van der Waals surface area contributed by atoms with Crippen molar-refractivity contribution in [1.29, 1.82) is 0 Å². The number of aromatic nitrogens is 2. The van der Waals surface area contributed by atoms with E-state index in [4.69, 9.17) is 22.2 Å². The molecule has 0 radical (unpaired) electrons. The van der Waals surface area contributed by atoms with Gasteiger partial charge >= 0.3 is 0 Å². The first kappa shape index (κ1) is 12.5. The summed E-state index contributed by atoms with van der Waals surface area (Å²) in [7, 11) is 0. The van der Waals surface area contributed by atoms with E-state index in [9.17, 15) is 4.39 Å². The molecule has 0 fully saturated rings. The molecule has 94 valence electrons. The van der Waals surface area contributed by atoms with Gasteiger partial charge in [0, 0.05) is 5.02 Å². The third kappa shape index (κ3) is 3.06. The molecule has 5 nitrogen and oxygen atoms in total. The molecular formula is C11H10ClFN4O. The summed E-state index contributed by atoms with van der Waals surface area (Å²) < 4.78 is 18.6. The number of ether oxygens (including phenoxy) is 1. The number of hydrogen-bond acceptors (Lipinski definition) is 5. The number of hydrogen-bond donors (Lipinski definition) is 2. The molecule has 0 unspecified atom stereocenters. The predicted molar refractivity (Wildman–Crippen MR) is 65.6 cm³/mol. The Balaban J connectivity index is 2.07. The van der Waals surface area contributed by atoms with E-state index in [1.54, 1.807) is 24.3 Å². The Morgan fingerprint density at radius 1 is 1.33 bits per heavy atom. The summed E-state index contributed by atoms with van der Waals surface area (Å²) in [5.41, 5.74) is 3.06. The van der Waals surface area contributed by atoms with Crippen molar-refractivity contribution < 1.29 is 9.13 Å². The number of rotatable bonds is 4. The van der Waals surface area contributed by atoms with Crippen molar-refractivity contribution in [2.45, 2.75) is 6.61 Å². The maximum atomic E-state index is 13.3. The largest absolute Gasteiger partial charge is 0.471 e. The Labute approximate surface area is 108 Å². The van der Waals surface area contributed by atoms with Crippen molar-refractivity contribution in [3.8, 4) is 5.88 Å². The smallest absolute Gasteiger partial charge is 0.255 e. The summed E-state index contributed by atoms with van der Waals surface area (Å²) in [6.07, 6.45) is 0.986. The number of anilines is 1. The Morgan fingerprint density at radius 3 is 2.72 bits per heavy atom. The Bertz CT molecular complexity index is 535. The number of nitrogens with two attached hydrogens (primary N) is 1. The number of nitrogen functional groups attached to an aromatic ring is 1. The van der Waals surface area contributed by atoms with E-state index in [2.05, 4.69) is 15.4 Å². The van der Waals surface area contributed by atoms with E-state index in [0.29, 0.717) is 5.02 Å². The molecule has 0 aliphatic rings. The molecule has 0 aliphatic carbocycles. The van der Waals surface area contributed by atoms with Gasteiger partial charge in [-0.05, 0) is 17.7 Å². The molecule has 0 saturated carbocycles. The molecular weight excluding hydrogens is 259 g/mol. The molecule has 0 saturated heterocycles. The normalized spacial score (nSPS) is 10.2. The molecule has 0 atom stereocenters. The molecule has 0 amide bonds. The van der Waals surface area contributed by atoms with Gasteiger partial charge in [0.25, 0.3) is 5.88 Å². The highest BCUT2D eigenvalue weighted by Crippen LogP contribution is 2.16. The lowest BCUT2D eigenvalue weighted by Gasteiger charge is -2.07. The van der Waals surface area contributed by atoms with E-state index in [0.717, 1.165) is 11.8 Å². The van der Waals surface area contributed by atoms with Crippen LogP contribution < -0.4 is 16.0 Å². The fraction of sp³-hybridized carbons (Fsp3) is 0.0909. The molecule has 1 aromatic carbocycles. The minimum absolute atomic E-state index is 0.0857. The lowest BCUT2D eigenvalue weighted by atomic mass is 10.2. The minimum Gasteiger partial charge on any atom is -0.471 e. The molecule has 0 spiro atoms. The maximum absolute atomic E-state index is 13.3. The van der Waals surface area contributed by atoms with E-state index < -0.39 is 5.82 Å². The topological polar surface area (TPSA) is 73.1 Å². The van der Waals surface area contributed by atoms with Crippen LogP contribution in [-0.4, -0.2) is 9.97 Å². The van der Waals surface area contributed by atoms with E-state index >= 15 is 0 Å². The monoisotopic (exact) mass is 268 g/mol. The van der Waals surface area contributed by atoms with Gasteiger partial charge in [-0.25, -0.2) is 10.8 Å². The van der Waals surface area contributed by atoms with Crippen LogP contribution in [0.5, 0.6) is 5.88 Å². The lowest BCUT2D eigenvalue weighted by Crippen LogP contribution is -2.11. The average molecular weight is 269 g/mol. The molecule has 0 aliphatic heterocycles. The molecule has 1 heterocycles. The fourth-order valence-electron chi connectivity index (χ4n) is 1.25. The van der Waals surface area contributed by atoms with Crippen LogP contribution in [-0.2, 0) is 6.61 Å². The van der Waals surface area contributed by atoms with Gasteiger partial charge in [0.2, 0.25) is 11.8 Å². The Kier molecular flexibility index (Phi) is 3.91. The van der Waals surface area contributed by atoms with Gasteiger partial charge in [-0.15, -0.1) is 0 Å². The summed E-state index contributed by atoms with van der Waals surface area (Å²) in [6, 6.07) is 7.01.